The van der Waals surface area contributed by atoms with Gasteiger partial charge in [0.2, 0.25) is 0 Å². The van der Waals surface area contributed by atoms with Crippen molar-refractivity contribution in [2.24, 2.45) is 0 Å². The Labute approximate surface area is 88.2 Å². The second kappa shape index (κ2) is 3.09. The number of rotatable bonds is 1. The number of aryl methyl sites for hydroxylation is 1. The van der Waals surface area contributed by atoms with Crippen molar-refractivity contribution in [2.45, 2.75) is 12.8 Å². The lowest BCUT2D eigenvalue weighted by molar-refractivity contribution is 0.0994. The van der Waals surface area contributed by atoms with Gasteiger partial charge in [-0.2, -0.15) is 0 Å². The van der Waals surface area contributed by atoms with Crippen LogP contribution in [0.5, 0.6) is 0 Å². The summed E-state index contributed by atoms with van der Waals surface area (Å²) in [4.78, 5) is 11.8. The van der Waals surface area contributed by atoms with Crippen LogP contribution in [0, 0.1) is 0 Å². The first-order chi connectivity index (χ1) is 7.36. The molecule has 0 saturated carbocycles. The molecule has 74 valence electrons. The standard InChI is InChI=1S/C13H11NO/c15-12-7-6-10-4-3-5-11(13(10)12)14-8-1-2-9-14/h1-5,8-9H,6-7H2. The van der Waals surface area contributed by atoms with Gasteiger partial charge in [0.15, 0.2) is 5.78 Å². The Balaban J connectivity index is 2.26. The first-order valence-electron chi connectivity index (χ1n) is 5.15. The summed E-state index contributed by atoms with van der Waals surface area (Å²) < 4.78 is 2.00. The molecule has 0 atom stereocenters. The normalized spacial score (nSPS) is 14.3. The molecule has 0 amide bonds. The van der Waals surface area contributed by atoms with Crippen LogP contribution in [-0.2, 0) is 6.42 Å². The van der Waals surface area contributed by atoms with Crippen molar-refractivity contribution in [3.63, 3.8) is 0 Å². The van der Waals surface area contributed by atoms with E-state index in [9.17, 15) is 4.79 Å². The zero-order chi connectivity index (χ0) is 10.3. The number of nitrogens with zero attached hydrogens (tertiary/aromatic N) is 1. The number of fused-ring (bicyclic) bond motifs is 1. The maximum atomic E-state index is 11.8. The van der Waals surface area contributed by atoms with Crippen LogP contribution in [-0.4, -0.2) is 10.4 Å². The molecular formula is C13H11NO. The number of Topliss-reactive ketones (excluding diaryl/α,β-unsaturated/α-hetero) is 1. The van der Waals surface area contributed by atoms with Crippen molar-refractivity contribution in [3.8, 4) is 5.69 Å². The third-order valence-corrected chi connectivity index (χ3v) is 2.91. The maximum absolute atomic E-state index is 11.8. The Morgan fingerprint density at radius 1 is 1.00 bits per heavy atom. The van der Waals surface area contributed by atoms with E-state index >= 15 is 0 Å². The van der Waals surface area contributed by atoms with Gasteiger partial charge in [-0.3, -0.25) is 4.79 Å². The summed E-state index contributed by atoms with van der Waals surface area (Å²) in [6.45, 7) is 0. The first-order valence-corrected chi connectivity index (χ1v) is 5.15. The third kappa shape index (κ3) is 1.22. The van der Waals surface area contributed by atoms with Gasteiger partial charge in [-0.1, -0.05) is 12.1 Å². The van der Waals surface area contributed by atoms with Gasteiger partial charge in [-0.05, 0) is 30.2 Å². The molecule has 0 fully saturated rings. The molecule has 1 heterocycles. The predicted molar refractivity (Wildman–Crippen MR) is 58.4 cm³/mol. The van der Waals surface area contributed by atoms with Crippen molar-refractivity contribution >= 4 is 5.78 Å². The monoisotopic (exact) mass is 197 g/mol. The molecule has 1 aliphatic rings. The molecule has 0 saturated heterocycles. The number of hydrogen-bond acceptors (Lipinski definition) is 1. The van der Waals surface area contributed by atoms with E-state index in [1.807, 2.05) is 47.3 Å². The van der Waals surface area contributed by atoms with E-state index < -0.39 is 0 Å². The molecule has 2 heteroatoms. The van der Waals surface area contributed by atoms with E-state index in [2.05, 4.69) is 0 Å². The van der Waals surface area contributed by atoms with Gasteiger partial charge in [0, 0.05) is 24.4 Å². The molecule has 0 bridgehead atoms. The van der Waals surface area contributed by atoms with Crippen LogP contribution in [0.3, 0.4) is 0 Å². The third-order valence-electron chi connectivity index (χ3n) is 2.91. The highest BCUT2D eigenvalue weighted by atomic mass is 16.1. The summed E-state index contributed by atoms with van der Waals surface area (Å²) in [6.07, 6.45) is 5.50. The number of carbonyl (C=O) groups excluding carboxylic acids is 1. The lowest BCUT2D eigenvalue weighted by Gasteiger charge is -2.08. The second-order valence-corrected chi connectivity index (χ2v) is 3.82. The Morgan fingerprint density at radius 3 is 2.60 bits per heavy atom. The summed E-state index contributed by atoms with van der Waals surface area (Å²) >= 11 is 0. The fourth-order valence-corrected chi connectivity index (χ4v) is 2.20. The highest BCUT2D eigenvalue weighted by molar-refractivity contribution is 6.03. The highest BCUT2D eigenvalue weighted by Crippen LogP contribution is 2.27. The Morgan fingerprint density at radius 2 is 1.80 bits per heavy atom. The molecule has 2 aromatic rings. The fourth-order valence-electron chi connectivity index (χ4n) is 2.20. The quantitative estimate of drug-likeness (QED) is 0.688. The van der Waals surface area contributed by atoms with Crippen LogP contribution in [0.4, 0.5) is 0 Å². The van der Waals surface area contributed by atoms with Crippen LogP contribution >= 0.6 is 0 Å². The van der Waals surface area contributed by atoms with E-state index in [4.69, 9.17) is 0 Å². The van der Waals surface area contributed by atoms with E-state index in [0.717, 1.165) is 17.7 Å². The molecule has 0 radical (unpaired) electrons. The summed E-state index contributed by atoms with van der Waals surface area (Å²) in [5.74, 6) is 0.273. The summed E-state index contributed by atoms with van der Waals surface area (Å²) in [5.41, 5.74) is 3.11. The van der Waals surface area contributed by atoms with Gasteiger partial charge in [0.1, 0.15) is 0 Å². The van der Waals surface area contributed by atoms with Gasteiger partial charge < -0.3 is 4.57 Å². The van der Waals surface area contributed by atoms with Gasteiger partial charge in [-0.15, -0.1) is 0 Å². The number of ketones is 1. The lowest BCUT2D eigenvalue weighted by Crippen LogP contribution is -2.01. The minimum atomic E-state index is 0.273. The predicted octanol–water partition coefficient (Wildman–Crippen LogP) is 2.61. The number of benzene rings is 1. The summed E-state index contributed by atoms with van der Waals surface area (Å²) in [5, 5.41) is 0. The lowest BCUT2D eigenvalue weighted by atomic mass is 10.1. The van der Waals surface area contributed by atoms with Crippen LogP contribution in [0.2, 0.25) is 0 Å². The van der Waals surface area contributed by atoms with E-state index in [1.165, 1.54) is 5.56 Å². The van der Waals surface area contributed by atoms with Crippen molar-refractivity contribution in [1.29, 1.82) is 0 Å². The zero-order valence-corrected chi connectivity index (χ0v) is 8.31. The van der Waals surface area contributed by atoms with Crippen LogP contribution in [0.25, 0.3) is 5.69 Å². The van der Waals surface area contributed by atoms with E-state index in [0.29, 0.717) is 6.42 Å². The second-order valence-electron chi connectivity index (χ2n) is 3.82. The number of hydrogen-bond donors (Lipinski definition) is 0. The summed E-state index contributed by atoms with van der Waals surface area (Å²) in [6, 6.07) is 10.0. The topological polar surface area (TPSA) is 22.0 Å². The minimum absolute atomic E-state index is 0.273. The molecule has 1 aliphatic carbocycles. The van der Waals surface area contributed by atoms with Crippen molar-refractivity contribution in [2.75, 3.05) is 0 Å². The highest BCUT2D eigenvalue weighted by Gasteiger charge is 2.22. The molecule has 3 rings (SSSR count). The largest absolute Gasteiger partial charge is 0.323 e. The smallest absolute Gasteiger partial charge is 0.165 e. The molecule has 1 aromatic carbocycles. The average molecular weight is 197 g/mol. The molecule has 0 N–H and O–H groups in total. The van der Waals surface area contributed by atoms with Gasteiger partial charge >= 0.3 is 0 Å². The minimum Gasteiger partial charge on any atom is -0.323 e. The van der Waals surface area contributed by atoms with Gasteiger partial charge in [-0.25, -0.2) is 0 Å². The Bertz CT molecular complexity index is 511. The average Bonchev–Trinajstić information content (AvgIpc) is 2.88. The SMILES string of the molecule is O=C1CCc2cccc(-n3cccc3)c21. The maximum Gasteiger partial charge on any atom is 0.165 e. The molecule has 0 aliphatic heterocycles. The van der Waals surface area contributed by atoms with Crippen LogP contribution < -0.4 is 0 Å². The molecule has 1 aromatic heterocycles. The molecule has 0 spiro atoms. The van der Waals surface area contributed by atoms with Crippen molar-refractivity contribution in [1.82, 2.24) is 4.57 Å². The van der Waals surface area contributed by atoms with Gasteiger partial charge in [0.05, 0.1) is 5.69 Å². The fraction of sp³-hybridized carbons (Fsp3) is 0.154. The molecular weight excluding hydrogens is 186 g/mol. The van der Waals surface area contributed by atoms with E-state index in [1.54, 1.807) is 0 Å². The number of aromatic nitrogens is 1. The molecule has 15 heavy (non-hydrogen) atoms. The van der Waals surface area contributed by atoms with E-state index in [-0.39, 0.29) is 5.78 Å². The number of carbonyl (C=O) groups is 1. The van der Waals surface area contributed by atoms with Crippen LogP contribution in [0.15, 0.2) is 42.7 Å². The Hall–Kier alpha value is -1.83. The zero-order valence-electron chi connectivity index (χ0n) is 8.31. The van der Waals surface area contributed by atoms with Crippen molar-refractivity contribution in [3.05, 3.63) is 53.9 Å². The first kappa shape index (κ1) is 8.48. The van der Waals surface area contributed by atoms with Crippen molar-refractivity contribution < 1.29 is 4.79 Å². The van der Waals surface area contributed by atoms with Gasteiger partial charge in [0.25, 0.3) is 0 Å². The molecule has 0 unspecified atom stereocenters. The van der Waals surface area contributed by atoms with Crippen LogP contribution in [0.1, 0.15) is 22.3 Å². The molecule has 2 nitrogen and oxygen atoms in total. The Kier molecular flexibility index (Phi) is 1.75. The summed E-state index contributed by atoms with van der Waals surface area (Å²) in [7, 11) is 0.